The summed E-state index contributed by atoms with van der Waals surface area (Å²) in [5.41, 5.74) is 5.77. The highest BCUT2D eigenvalue weighted by molar-refractivity contribution is 6.30. The van der Waals surface area contributed by atoms with Crippen LogP contribution < -0.4 is 0 Å². The average Bonchev–Trinajstić information content (AvgIpc) is 3.18. The van der Waals surface area contributed by atoms with Crippen molar-refractivity contribution in [3.05, 3.63) is 108 Å². The summed E-state index contributed by atoms with van der Waals surface area (Å²) in [6.07, 6.45) is 1.01. The molecule has 0 heterocycles. The van der Waals surface area contributed by atoms with Crippen LogP contribution in [0.25, 0.3) is 54.2 Å². The zero-order valence-electron chi connectivity index (χ0n) is 15.9. The zero-order chi connectivity index (χ0) is 18.9. The topological polar surface area (TPSA) is 0 Å². The molecular formula is C29H18. The summed E-state index contributed by atoms with van der Waals surface area (Å²) in [4.78, 5) is 0. The third-order valence-electron chi connectivity index (χ3n) is 6.66. The zero-order valence-corrected chi connectivity index (χ0v) is 15.9. The molecule has 1 aliphatic rings. The Morgan fingerprint density at radius 2 is 1.07 bits per heavy atom. The van der Waals surface area contributed by atoms with E-state index in [1.807, 2.05) is 0 Å². The number of benzene rings is 6. The van der Waals surface area contributed by atoms with E-state index < -0.39 is 0 Å². The van der Waals surface area contributed by atoms with Gasteiger partial charge in [-0.1, -0.05) is 97.1 Å². The minimum atomic E-state index is 1.01. The smallest absolute Gasteiger partial charge is 0.000705 e. The SMILES string of the molecule is c1ccc2c(c1)Cc1c-2c2c3ccccc3ccc2c2c1ccc1ccccc12. The number of rotatable bonds is 0. The van der Waals surface area contributed by atoms with Crippen molar-refractivity contribution in [3.63, 3.8) is 0 Å². The Morgan fingerprint density at radius 3 is 1.86 bits per heavy atom. The van der Waals surface area contributed by atoms with Gasteiger partial charge in [-0.2, -0.15) is 0 Å². The van der Waals surface area contributed by atoms with Crippen molar-refractivity contribution in [2.45, 2.75) is 6.42 Å². The Hall–Kier alpha value is -3.64. The van der Waals surface area contributed by atoms with Crippen molar-refractivity contribution >= 4 is 43.1 Å². The van der Waals surface area contributed by atoms with Crippen molar-refractivity contribution in [2.24, 2.45) is 0 Å². The summed E-state index contributed by atoms with van der Waals surface area (Å²) >= 11 is 0. The maximum atomic E-state index is 2.34. The standard InChI is InChI=1S/C29H18/c1-4-10-21-18(7-1)13-15-24-26-17-20-9-3-6-12-23(20)29(26)28-22-11-5-2-8-19(22)14-16-25(28)27(21)24/h1-16H,17H2. The highest BCUT2D eigenvalue weighted by atomic mass is 14.3. The fraction of sp³-hybridized carbons (Fsp3) is 0.0345. The van der Waals surface area contributed by atoms with Crippen LogP contribution >= 0.6 is 0 Å². The minimum absolute atomic E-state index is 1.01. The first-order valence-electron chi connectivity index (χ1n) is 10.3. The van der Waals surface area contributed by atoms with E-state index in [2.05, 4.69) is 97.1 Å². The molecule has 0 radical (unpaired) electrons. The first-order chi connectivity index (χ1) is 14.4. The lowest BCUT2D eigenvalue weighted by molar-refractivity contribution is 1.29. The summed E-state index contributed by atoms with van der Waals surface area (Å²) in [5, 5.41) is 10.9. The van der Waals surface area contributed by atoms with Crippen molar-refractivity contribution < 1.29 is 0 Å². The molecule has 0 atom stereocenters. The second kappa shape index (κ2) is 5.46. The number of hydrogen-bond acceptors (Lipinski definition) is 0. The molecule has 0 amide bonds. The van der Waals surface area contributed by atoms with Crippen LogP contribution in [0.15, 0.2) is 97.1 Å². The van der Waals surface area contributed by atoms with Crippen LogP contribution in [0.3, 0.4) is 0 Å². The van der Waals surface area contributed by atoms with Gasteiger partial charge in [0.2, 0.25) is 0 Å². The summed E-state index contributed by atoms with van der Waals surface area (Å²) in [6, 6.07) is 35.8. The second-order valence-corrected chi connectivity index (χ2v) is 8.11. The highest BCUT2D eigenvalue weighted by Crippen LogP contribution is 2.49. The molecule has 0 spiro atoms. The van der Waals surface area contributed by atoms with Gasteiger partial charge < -0.3 is 0 Å². The van der Waals surface area contributed by atoms with Crippen LogP contribution in [0.1, 0.15) is 11.1 Å². The molecule has 0 fully saturated rings. The Morgan fingerprint density at radius 1 is 0.448 bits per heavy atom. The van der Waals surface area contributed by atoms with Crippen molar-refractivity contribution in [1.29, 1.82) is 0 Å². The van der Waals surface area contributed by atoms with Gasteiger partial charge in [-0.05, 0) is 71.8 Å². The molecule has 0 saturated carbocycles. The third-order valence-corrected chi connectivity index (χ3v) is 6.66. The maximum Gasteiger partial charge on any atom is -0.000705 e. The molecule has 1 aliphatic carbocycles. The maximum absolute atomic E-state index is 2.34. The van der Waals surface area contributed by atoms with Crippen LogP contribution in [0.2, 0.25) is 0 Å². The van der Waals surface area contributed by atoms with Gasteiger partial charge in [-0.15, -0.1) is 0 Å². The van der Waals surface area contributed by atoms with Gasteiger partial charge in [0.1, 0.15) is 0 Å². The predicted octanol–water partition coefficient (Wildman–Crippen LogP) is 7.87. The van der Waals surface area contributed by atoms with Crippen molar-refractivity contribution in [3.8, 4) is 11.1 Å². The van der Waals surface area contributed by atoms with Gasteiger partial charge >= 0.3 is 0 Å². The van der Waals surface area contributed by atoms with Crippen LogP contribution in [-0.2, 0) is 6.42 Å². The fourth-order valence-electron chi connectivity index (χ4n) is 5.44. The summed E-state index contributed by atoms with van der Waals surface area (Å²) in [7, 11) is 0. The Balaban J connectivity index is 1.84. The summed E-state index contributed by atoms with van der Waals surface area (Å²) in [6.45, 7) is 0. The molecule has 6 aromatic carbocycles. The van der Waals surface area contributed by atoms with E-state index in [9.17, 15) is 0 Å². The first kappa shape index (κ1) is 15.3. The van der Waals surface area contributed by atoms with E-state index in [4.69, 9.17) is 0 Å². The second-order valence-electron chi connectivity index (χ2n) is 8.11. The lowest BCUT2D eigenvalue weighted by Crippen LogP contribution is -1.90. The molecule has 7 rings (SSSR count). The lowest BCUT2D eigenvalue weighted by atomic mass is 9.87. The Bertz CT molecular complexity index is 1620. The lowest BCUT2D eigenvalue weighted by Gasteiger charge is -2.16. The Labute approximate surface area is 169 Å². The third kappa shape index (κ3) is 1.93. The molecule has 0 nitrogen and oxygen atoms in total. The molecule has 0 unspecified atom stereocenters. The van der Waals surface area contributed by atoms with Gasteiger partial charge in [0.05, 0.1) is 0 Å². The van der Waals surface area contributed by atoms with E-state index in [0.717, 1.165) is 6.42 Å². The summed E-state index contributed by atoms with van der Waals surface area (Å²) in [5.74, 6) is 0. The van der Waals surface area contributed by atoms with Gasteiger partial charge in [-0.25, -0.2) is 0 Å². The predicted molar refractivity (Wildman–Crippen MR) is 125 cm³/mol. The van der Waals surface area contributed by atoms with Gasteiger partial charge in [0.15, 0.2) is 0 Å². The van der Waals surface area contributed by atoms with E-state index in [0.29, 0.717) is 0 Å². The molecular weight excluding hydrogens is 348 g/mol. The molecule has 0 bridgehead atoms. The van der Waals surface area contributed by atoms with E-state index in [1.165, 1.54) is 65.3 Å². The molecule has 134 valence electrons. The quantitative estimate of drug-likeness (QED) is 0.240. The highest BCUT2D eigenvalue weighted by Gasteiger charge is 2.25. The molecule has 0 aromatic heterocycles. The number of fused-ring (bicyclic) bond motifs is 12. The fourth-order valence-corrected chi connectivity index (χ4v) is 5.44. The molecule has 0 aliphatic heterocycles. The van der Waals surface area contributed by atoms with Crippen LogP contribution in [-0.4, -0.2) is 0 Å². The van der Waals surface area contributed by atoms with Crippen LogP contribution in [0.4, 0.5) is 0 Å². The number of hydrogen-bond donors (Lipinski definition) is 0. The monoisotopic (exact) mass is 366 g/mol. The largest absolute Gasteiger partial charge is 0.0619 e. The van der Waals surface area contributed by atoms with Crippen LogP contribution in [0, 0.1) is 0 Å². The summed E-state index contributed by atoms with van der Waals surface area (Å²) < 4.78 is 0. The van der Waals surface area contributed by atoms with Gasteiger partial charge in [-0.3, -0.25) is 0 Å². The molecule has 0 saturated heterocycles. The Kier molecular flexibility index (Phi) is 2.88. The van der Waals surface area contributed by atoms with Crippen molar-refractivity contribution in [2.75, 3.05) is 0 Å². The average molecular weight is 366 g/mol. The molecule has 29 heavy (non-hydrogen) atoms. The van der Waals surface area contributed by atoms with E-state index in [-0.39, 0.29) is 0 Å². The van der Waals surface area contributed by atoms with Crippen molar-refractivity contribution in [1.82, 2.24) is 0 Å². The van der Waals surface area contributed by atoms with E-state index >= 15 is 0 Å². The van der Waals surface area contributed by atoms with Gasteiger partial charge in [0.25, 0.3) is 0 Å². The molecule has 6 aromatic rings. The van der Waals surface area contributed by atoms with E-state index in [1.54, 1.807) is 0 Å². The first-order valence-corrected chi connectivity index (χ1v) is 10.3. The molecule has 0 heteroatoms. The molecule has 0 N–H and O–H groups in total. The van der Waals surface area contributed by atoms with Crippen LogP contribution in [0.5, 0.6) is 0 Å². The normalized spacial score (nSPS) is 12.7. The van der Waals surface area contributed by atoms with Gasteiger partial charge in [0, 0.05) is 0 Å². The minimum Gasteiger partial charge on any atom is -0.0619 e.